The molecule has 1 aromatic heterocycles. The second-order valence-electron chi connectivity index (χ2n) is 5.44. The first-order chi connectivity index (χ1) is 9.94. The predicted molar refractivity (Wildman–Crippen MR) is 90.2 cm³/mol. The maximum Gasteiger partial charge on any atom is 0.250 e. The molecular weight excluding hydrogens is 304 g/mol. The molecule has 21 heavy (non-hydrogen) atoms. The highest BCUT2D eigenvalue weighted by Gasteiger charge is 2.23. The van der Waals surface area contributed by atoms with E-state index in [0.717, 1.165) is 37.9 Å². The topological polar surface area (TPSA) is 58.2 Å². The molecule has 0 bridgehead atoms. The van der Waals surface area contributed by atoms with Gasteiger partial charge in [0.1, 0.15) is 4.21 Å². The van der Waals surface area contributed by atoms with Gasteiger partial charge in [0.15, 0.2) is 0 Å². The zero-order chi connectivity index (χ0) is 15.9. The van der Waals surface area contributed by atoms with Crippen LogP contribution in [-0.2, 0) is 16.6 Å². The molecule has 0 aliphatic carbocycles. The Kier molecular flexibility index (Phi) is 7.87. The monoisotopic (exact) mass is 332 g/mol. The summed E-state index contributed by atoms with van der Waals surface area (Å²) in [5.74, 6) is 0.380. The van der Waals surface area contributed by atoms with Crippen molar-refractivity contribution in [3.63, 3.8) is 0 Å². The summed E-state index contributed by atoms with van der Waals surface area (Å²) in [6.45, 7) is 9.93. The summed E-state index contributed by atoms with van der Waals surface area (Å²) in [7, 11) is -3.39. The zero-order valence-corrected chi connectivity index (χ0v) is 15.1. The zero-order valence-electron chi connectivity index (χ0n) is 13.5. The molecule has 1 unspecified atom stereocenters. The smallest absolute Gasteiger partial charge is 0.250 e. The fraction of sp³-hybridized carbons (Fsp3) is 0.733. The fourth-order valence-corrected chi connectivity index (χ4v) is 4.93. The van der Waals surface area contributed by atoms with Gasteiger partial charge in [0.25, 0.3) is 0 Å². The molecule has 0 spiro atoms. The lowest BCUT2D eigenvalue weighted by Gasteiger charge is -2.21. The van der Waals surface area contributed by atoms with Crippen molar-refractivity contribution in [2.45, 2.75) is 63.8 Å². The van der Waals surface area contributed by atoms with Gasteiger partial charge in [0.05, 0.1) is 0 Å². The van der Waals surface area contributed by atoms with Crippen molar-refractivity contribution in [1.29, 1.82) is 0 Å². The summed E-state index contributed by atoms with van der Waals surface area (Å²) in [5.41, 5.74) is 1.03. The number of sulfonamides is 1. The molecule has 0 saturated carbocycles. The Labute approximate surface area is 133 Å². The van der Waals surface area contributed by atoms with Crippen molar-refractivity contribution in [3.05, 3.63) is 17.0 Å². The Morgan fingerprint density at radius 1 is 1.24 bits per heavy atom. The van der Waals surface area contributed by atoms with E-state index in [-0.39, 0.29) is 6.04 Å². The molecule has 1 atom stereocenters. The predicted octanol–water partition coefficient (Wildman–Crippen LogP) is 3.35. The lowest BCUT2D eigenvalue weighted by molar-refractivity contribution is 0.391. The third-order valence-corrected chi connectivity index (χ3v) is 6.79. The van der Waals surface area contributed by atoms with E-state index in [2.05, 4.69) is 30.8 Å². The Morgan fingerprint density at radius 2 is 1.90 bits per heavy atom. The number of hydrogen-bond donors (Lipinski definition) is 2. The van der Waals surface area contributed by atoms with Gasteiger partial charge in [-0.05, 0) is 42.8 Å². The molecule has 2 N–H and O–H groups in total. The van der Waals surface area contributed by atoms with Crippen LogP contribution in [0.4, 0.5) is 0 Å². The second-order valence-corrected chi connectivity index (χ2v) is 8.29. The first kappa shape index (κ1) is 18.6. The van der Waals surface area contributed by atoms with E-state index >= 15 is 0 Å². The van der Waals surface area contributed by atoms with Crippen LogP contribution in [-0.4, -0.2) is 21.0 Å². The molecule has 0 aliphatic rings. The highest BCUT2D eigenvalue weighted by Crippen LogP contribution is 2.22. The minimum Gasteiger partial charge on any atom is -0.313 e. The molecule has 4 nitrogen and oxygen atoms in total. The van der Waals surface area contributed by atoms with Crippen molar-refractivity contribution in [1.82, 2.24) is 10.0 Å². The second kappa shape index (κ2) is 8.88. The van der Waals surface area contributed by atoms with Crippen LogP contribution < -0.4 is 10.0 Å². The van der Waals surface area contributed by atoms with Crippen LogP contribution in [0.15, 0.2) is 15.7 Å². The Balaban J connectivity index is 2.70. The summed E-state index contributed by atoms with van der Waals surface area (Å²) < 4.78 is 28.0. The normalized spacial score (nSPS) is 13.8. The Morgan fingerprint density at radius 3 is 2.48 bits per heavy atom. The van der Waals surface area contributed by atoms with Gasteiger partial charge in [0.2, 0.25) is 10.0 Å². The van der Waals surface area contributed by atoms with Crippen LogP contribution in [0.25, 0.3) is 0 Å². The first-order valence-corrected chi connectivity index (χ1v) is 10.1. The lowest BCUT2D eigenvalue weighted by atomic mass is 9.96. The highest BCUT2D eigenvalue weighted by molar-refractivity contribution is 7.91. The summed E-state index contributed by atoms with van der Waals surface area (Å²) in [5, 5.41) is 5.20. The Hall–Kier alpha value is -0.430. The molecule has 0 amide bonds. The molecule has 0 radical (unpaired) electrons. The van der Waals surface area contributed by atoms with Crippen molar-refractivity contribution in [2.24, 2.45) is 5.92 Å². The van der Waals surface area contributed by atoms with Crippen LogP contribution in [0.5, 0.6) is 0 Å². The summed E-state index contributed by atoms with van der Waals surface area (Å²) in [6, 6.07) is 1.74. The molecule has 1 rings (SSSR count). The minimum atomic E-state index is -3.39. The van der Waals surface area contributed by atoms with Crippen molar-refractivity contribution in [2.75, 3.05) is 6.54 Å². The van der Waals surface area contributed by atoms with Crippen LogP contribution in [0.2, 0.25) is 0 Å². The van der Waals surface area contributed by atoms with Crippen LogP contribution in [0.1, 0.15) is 52.5 Å². The van der Waals surface area contributed by atoms with E-state index < -0.39 is 10.0 Å². The summed E-state index contributed by atoms with van der Waals surface area (Å²) in [4.78, 5) is 0. The highest BCUT2D eigenvalue weighted by atomic mass is 32.2. The number of hydrogen-bond acceptors (Lipinski definition) is 4. The van der Waals surface area contributed by atoms with Gasteiger partial charge < -0.3 is 5.32 Å². The standard InChI is InChI=1S/C15H28N2O2S2/c1-5-8-16-10-13-9-15(20-11-13)21(18,19)17-12(4)14(6-2)7-3/h9,11-12,14,16-17H,5-8,10H2,1-4H3. The van der Waals surface area contributed by atoms with Gasteiger partial charge in [-0.1, -0.05) is 33.6 Å². The van der Waals surface area contributed by atoms with Crippen LogP contribution in [0, 0.1) is 5.92 Å². The van der Waals surface area contributed by atoms with Crippen molar-refractivity contribution in [3.8, 4) is 0 Å². The quantitative estimate of drug-likeness (QED) is 0.646. The van der Waals surface area contributed by atoms with Crippen LogP contribution in [0.3, 0.4) is 0 Å². The van der Waals surface area contributed by atoms with Gasteiger partial charge in [0, 0.05) is 12.6 Å². The molecule has 1 heterocycles. The van der Waals surface area contributed by atoms with Gasteiger partial charge in [-0.15, -0.1) is 11.3 Å². The van der Waals surface area contributed by atoms with Gasteiger partial charge in [-0.3, -0.25) is 0 Å². The van der Waals surface area contributed by atoms with Crippen molar-refractivity contribution < 1.29 is 8.42 Å². The largest absolute Gasteiger partial charge is 0.313 e. The molecular formula is C15H28N2O2S2. The number of rotatable bonds is 10. The minimum absolute atomic E-state index is 0.0335. The maximum atomic E-state index is 12.4. The van der Waals surface area contributed by atoms with Crippen molar-refractivity contribution >= 4 is 21.4 Å². The summed E-state index contributed by atoms with van der Waals surface area (Å²) in [6.07, 6.45) is 3.04. The molecule has 6 heteroatoms. The molecule has 122 valence electrons. The first-order valence-electron chi connectivity index (χ1n) is 7.75. The lowest BCUT2D eigenvalue weighted by Crippen LogP contribution is -2.37. The SMILES string of the molecule is CCCNCc1csc(S(=O)(=O)NC(C)C(CC)CC)c1. The maximum absolute atomic E-state index is 12.4. The number of thiophene rings is 1. The van der Waals surface area contributed by atoms with E-state index in [1.807, 2.05) is 12.3 Å². The number of nitrogens with one attached hydrogen (secondary N) is 2. The molecule has 0 aliphatic heterocycles. The van der Waals surface area contributed by atoms with E-state index in [9.17, 15) is 8.42 Å². The van der Waals surface area contributed by atoms with E-state index in [0.29, 0.717) is 10.1 Å². The third-order valence-electron chi connectivity index (χ3n) is 3.75. The molecule has 0 fully saturated rings. The van der Waals surface area contributed by atoms with Crippen LogP contribution >= 0.6 is 11.3 Å². The van der Waals surface area contributed by atoms with Gasteiger partial charge >= 0.3 is 0 Å². The Bertz CT molecular complexity index is 507. The van der Waals surface area contributed by atoms with Gasteiger partial charge in [-0.25, -0.2) is 13.1 Å². The molecule has 1 aromatic rings. The van der Waals surface area contributed by atoms with E-state index in [4.69, 9.17) is 0 Å². The fourth-order valence-electron chi connectivity index (χ4n) is 2.39. The van der Waals surface area contributed by atoms with E-state index in [1.165, 1.54) is 11.3 Å². The van der Waals surface area contributed by atoms with E-state index in [1.54, 1.807) is 6.07 Å². The summed E-state index contributed by atoms with van der Waals surface area (Å²) >= 11 is 1.29. The molecule has 0 aromatic carbocycles. The van der Waals surface area contributed by atoms with Gasteiger partial charge in [-0.2, -0.15) is 0 Å². The average molecular weight is 333 g/mol. The average Bonchev–Trinajstić information content (AvgIpc) is 2.89. The molecule has 0 saturated heterocycles. The third kappa shape index (κ3) is 5.70.